The second-order valence-corrected chi connectivity index (χ2v) is 6.16. The Bertz CT molecular complexity index is 595. The van der Waals surface area contributed by atoms with Gasteiger partial charge < -0.3 is 0 Å². The highest BCUT2D eigenvalue weighted by Crippen LogP contribution is 2.35. The minimum absolute atomic E-state index is 0.478. The molecule has 1 nitrogen and oxygen atoms in total. The van der Waals surface area contributed by atoms with E-state index in [-0.39, 0.29) is 0 Å². The van der Waals surface area contributed by atoms with Crippen molar-refractivity contribution in [1.29, 1.82) is 0 Å². The summed E-state index contributed by atoms with van der Waals surface area (Å²) in [7, 11) is 0. The van der Waals surface area contributed by atoms with E-state index in [4.69, 9.17) is 4.99 Å². The molecule has 0 aliphatic carbocycles. The fraction of sp³-hybridized carbons (Fsp3) is 0.350. The van der Waals surface area contributed by atoms with Gasteiger partial charge in [-0.1, -0.05) is 76.2 Å². The largest absolute Gasteiger partial charge is 0.253 e. The molecule has 0 radical (unpaired) electrons. The Kier molecular flexibility index (Phi) is 4.95. The molecular weight excluding hydrogens is 254 g/mol. The van der Waals surface area contributed by atoms with Gasteiger partial charge in [0.2, 0.25) is 0 Å². The van der Waals surface area contributed by atoms with Gasteiger partial charge in [-0.05, 0) is 35.4 Å². The monoisotopic (exact) mass is 279 g/mol. The highest BCUT2D eigenvalue weighted by Gasteiger charge is 2.13. The zero-order chi connectivity index (χ0) is 15.4. The molecule has 0 N–H and O–H groups in total. The zero-order valence-electron chi connectivity index (χ0n) is 13.7. The fourth-order valence-electron chi connectivity index (χ4n) is 2.55. The van der Waals surface area contributed by atoms with E-state index in [1.807, 2.05) is 6.07 Å². The van der Waals surface area contributed by atoms with Crippen LogP contribution in [0.3, 0.4) is 0 Å². The Balaban J connectivity index is 2.56. The van der Waals surface area contributed by atoms with Crippen LogP contribution in [-0.4, -0.2) is 5.71 Å². The zero-order valence-corrected chi connectivity index (χ0v) is 13.7. The summed E-state index contributed by atoms with van der Waals surface area (Å²) in [5.74, 6) is 0.956. The predicted octanol–water partition coefficient (Wildman–Crippen LogP) is 6.07. The number of hydrogen-bond donors (Lipinski definition) is 0. The molecule has 0 saturated heterocycles. The lowest BCUT2D eigenvalue weighted by atomic mass is 9.93. The van der Waals surface area contributed by atoms with E-state index in [1.54, 1.807) is 0 Å². The number of hydrogen-bond acceptors (Lipinski definition) is 1. The summed E-state index contributed by atoms with van der Waals surface area (Å²) in [6, 6.07) is 17.0. The molecule has 110 valence electrons. The molecular formula is C20H25N. The van der Waals surface area contributed by atoms with Crippen molar-refractivity contribution >= 4 is 11.4 Å². The van der Waals surface area contributed by atoms with Crippen LogP contribution in [0.15, 0.2) is 53.5 Å². The second-order valence-electron chi connectivity index (χ2n) is 6.16. The lowest BCUT2D eigenvalue weighted by Gasteiger charge is -2.17. The Hall–Kier alpha value is -1.89. The molecule has 0 saturated carbocycles. The molecule has 0 aliphatic heterocycles. The molecule has 2 aromatic rings. The van der Waals surface area contributed by atoms with Gasteiger partial charge in [-0.3, -0.25) is 4.99 Å². The molecule has 0 spiro atoms. The lowest BCUT2D eigenvalue weighted by molar-refractivity contribution is 0.834. The summed E-state index contributed by atoms with van der Waals surface area (Å²) in [5.41, 5.74) is 6.08. The van der Waals surface area contributed by atoms with Crippen molar-refractivity contribution in [1.82, 2.24) is 0 Å². The molecule has 0 fully saturated rings. The smallest absolute Gasteiger partial charge is 0.0702 e. The lowest BCUT2D eigenvalue weighted by Crippen LogP contribution is -1.99. The summed E-state index contributed by atoms with van der Waals surface area (Å²) < 4.78 is 0. The van der Waals surface area contributed by atoms with Gasteiger partial charge in [0.25, 0.3) is 0 Å². The minimum Gasteiger partial charge on any atom is -0.253 e. The third-order valence-corrected chi connectivity index (χ3v) is 3.81. The van der Waals surface area contributed by atoms with E-state index in [0.29, 0.717) is 11.8 Å². The van der Waals surface area contributed by atoms with E-state index in [9.17, 15) is 0 Å². The van der Waals surface area contributed by atoms with Crippen LogP contribution < -0.4 is 0 Å². The maximum Gasteiger partial charge on any atom is 0.0702 e. The summed E-state index contributed by atoms with van der Waals surface area (Å²) in [6.07, 6.45) is 0. The number of para-hydroxylation sites is 1. The maximum atomic E-state index is 4.99. The molecule has 2 rings (SSSR count). The maximum absolute atomic E-state index is 4.99. The minimum atomic E-state index is 0.478. The first-order valence-corrected chi connectivity index (χ1v) is 7.74. The van der Waals surface area contributed by atoms with Crippen molar-refractivity contribution in [2.45, 2.75) is 46.5 Å². The van der Waals surface area contributed by atoms with Gasteiger partial charge in [0, 0.05) is 5.71 Å². The first kappa shape index (κ1) is 15.5. The molecule has 0 heterocycles. The highest BCUT2D eigenvalue weighted by molar-refractivity contribution is 6.00. The fourth-order valence-corrected chi connectivity index (χ4v) is 2.55. The Labute approximate surface area is 128 Å². The van der Waals surface area contributed by atoms with Crippen LogP contribution in [0.1, 0.15) is 63.1 Å². The SMILES string of the molecule is C/C(=N/c1c(C(C)C)cccc1C(C)C)c1ccccc1. The quantitative estimate of drug-likeness (QED) is 0.602. The average Bonchev–Trinajstić information content (AvgIpc) is 2.47. The second kappa shape index (κ2) is 6.71. The van der Waals surface area contributed by atoms with Crippen molar-refractivity contribution in [3.8, 4) is 0 Å². The van der Waals surface area contributed by atoms with Crippen molar-refractivity contribution in [2.24, 2.45) is 4.99 Å². The molecule has 0 unspecified atom stereocenters. The van der Waals surface area contributed by atoms with Gasteiger partial charge in [-0.25, -0.2) is 0 Å². The van der Waals surface area contributed by atoms with Crippen LogP contribution in [0.2, 0.25) is 0 Å². The standard InChI is InChI=1S/C20H25N/c1-14(2)18-12-9-13-19(15(3)4)20(18)21-16(5)17-10-7-6-8-11-17/h6-15H,1-5H3/b21-16-. The number of rotatable bonds is 4. The van der Waals surface area contributed by atoms with Crippen LogP contribution >= 0.6 is 0 Å². The van der Waals surface area contributed by atoms with E-state index in [0.717, 1.165) is 11.4 Å². The number of benzene rings is 2. The van der Waals surface area contributed by atoms with Gasteiger partial charge >= 0.3 is 0 Å². The average molecular weight is 279 g/mol. The molecule has 0 bridgehead atoms. The van der Waals surface area contributed by atoms with Crippen LogP contribution in [0.4, 0.5) is 5.69 Å². The Morgan fingerprint density at radius 1 is 0.762 bits per heavy atom. The number of aliphatic imine (C=N–C) groups is 1. The van der Waals surface area contributed by atoms with E-state index in [2.05, 4.69) is 77.1 Å². The summed E-state index contributed by atoms with van der Waals surface area (Å²) in [4.78, 5) is 4.99. The molecule has 0 aromatic heterocycles. The van der Waals surface area contributed by atoms with Crippen molar-refractivity contribution in [3.05, 3.63) is 65.2 Å². The highest BCUT2D eigenvalue weighted by atomic mass is 14.8. The molecule has 0 amide bonds. The first-order valence-electron chi connectivity index (χ1n) is 7.74. The first-order chi connectivity index (χ1) is 10.0. The molecule has 0 aliphatic rings. The predicted molar refractivity (Wildman–Crippen MR) is 92.9 cm³/mol. The third kappa shape index (κ3) is 3.60. The summed E-state index contributed by atoms with van der Waals surface area (Å²) >= 11 is 0. The van der Waals surface area contributed by atoms with Crippen LogP contribution in [0.25, 0.3) is 0 Å². The molecule has 2 aromatic carbocycles. The van der Waals surface area contributed by atoms with E-state index < -0.39 is 0 Å². The Morgan fingerprint density at radius 2 is 1.29 bits per heavy atom. The number of nitrogens with zero attached hydrogens (tertiary/aromatic N) is 1. The van der Waals surface area contributed by atoms with Gasteiger partial charge in [-0.15, -0.1) is 0 Å². The van der Waals surface area contributed by atoms with Gasteiger partial charge in [0.1, 0.15) is 0 Å². The van der Waals surface area contributed by atoms with Crippen LogP contribution in [0, 0.1) is 0 Å². The third-order valence-electron chi connectivity index (χ3n) is 3.81. The van der Waals surface area contributed by atoms with Gasteiger partial charge in [0.15, 0.2) is 0 Å². The topological polar surface area (TPSA) is 12.4 Å². The molecule has 1 heteroatoms. The molecule has 21 heavy (non-hydrogen) atoms. The van der Waals surface area contributed by atoms with Gasteiger partial charge in [-0.2, -0.15) is 0 Å². The molecule has 0 atom stereocenters. The Morgan fingerprint density at radius 3 is 1.76 bits per heavy atom. The van der Waals surface area contributed by atoms with Crippen molar-refractivity contribution in [3.63, 3.8) is 0 Å². The van der Waals surface area contributed by atoms with E-state index >= 15 is 0 Å². The summed E-state index contributed by atoms with van der Waals surface area (Å²) in [5, 5.41) is 0. The normalized spacial score (nSPS) is 12.2. The van der Waals surface area contributed by atoms with Gasteiger partial charge in [0.05, 0.1) is 5.69 Å². The van der Waals surface area contributed by atoms with Crippen LogP contribution in [0.5, 0.6) is 0 Å². The van der Waals surface area contributed by atoms with Crippen molar-refractivity contribution in [2.75, 3.05) is 0 Å². The van der Waals surface area contributed by atoms with Crippen LogP contribution in [-0.2, 0) is 0 Å². The van der Waals surface area contributed by atoms with Crippen molar-refractivity contribution < 1.29 is 0 Å². The van der Waals surface area contributed by atoms with E-state index in [1.165, 1.54) is 16.7 Å². The summed E-state index contributed by atoms with van der Waals surface area (Å²) in [6.45, 7) is 11.0.